The SMILES string of the molecule is c1ccc(-c2cc(-c3ccc4oc5cccc(-c6nc(-c7ccccc7)nc(-c7cccc(-n8c9ccccc9c9ccccc98)c7)n6)c5c4c3)c3c(c2)sc2ccccc23)cc1. The van der Waals surface area contributed by atoms with Crippen LogP contribution in [0.15, 0.2) is 211 Å². The van der Waals surface area contributed by atoms with Crippen LogP contribution in [-0.2, 0) is 0 Å². The van der Waals surface area contributed by atoms with Gasteiger partial charge in [-0.05, 0) is 82.9 Å². The van der Waals surface area contributed by atoms with Gasteiger partial charge in [-0.15, -0.1) is 11.3 Å². The lowest BCUT2D eigenvalue weighted by Crippen LogP contribution is -2.01. The average Bonchev–Trinajstić information content (AvgIpc) is 4.03. The van der Waals surface area contributed by atoms with E-state index in [0.29, 0.717) is 17.5 Å². The summed E-state index contributed by atoms with van der Waals surface area (Å²) in [5.74, 6) is 1.78. The van der Waals surface area contributed by atoms with Gasteiger partial charge in [-0.1, -0.05) is 146 Å². The van der Waals surface area contributed by atoms with Crippen molar-refractivity contribution in [2.45, 2.75) is 0 Å². The Kier molecular flexibility index (Phi) is 8.01. The normalized spacial score (nSPS) is 11.8. The largest absolute Gasteiger partial charge is 0.456 e. The Morgan fingerprint density at radius 3 is 1.76 bits per heavy atom. The molecule has 5 nitrogen and oxygen atoms in total. The third-order valence-electron chi connectivity index (χ3n) is 12.2. The highest BCUT2D eigenvalue weighted by molar-refractivity contribution is 7.26. The quantitative estimate of drug-likeness (QED) is 0.168. The molecule has 9 aromatic carbocycles. The van der Waals surface area contributed by atoms with Crippen molar-refractivity contribution in [3.8, 4) is 62.1 Å². The number of rotatable bonds is 6. The molecule has 63 heavy (non-hydrogen) atoms. The van der Waals surface area contributed by atoms with E-state index in [-0.39, 0.29) is 0 Å². The van der Waals surface area contributed by atoms with Crippen molar-refractivity contribution in [3.05, 3.63) is 206 Å². The van der Waals surface area contributed by atoms with Gasteiger partial charge in [-0.2, -0.15) is 0 Å². The van der Waals surface area contributed by atoms with Gasteiger partial charge in [0, 0.05) is 64.1 Å². The second kappa shape index (κ2) is 14.2. The van der Waals surface area contributed by atoms with Gasteiger partial charge in [0.25, 0.3) is 0 Å². The fraction of sp³-hybridized carbons (Fsp3) is 0. The van der Waals surface area contributed by atoms with Crippen LogP contribution in [0, 0.1) is 0 Å². The number of thiophene rings is 1. The van der Waals surface area contributed by atoms with E-state index < -0.39 is 0 Å². The molecule has 0 radical (unpaired) electrons. The Morgan fingerprint density at radius 2 is 0.984 bits per heavy atom. The Morgan fingerprint density at radius 1 is 0.349 bits per heavy atom. The molecule has 0 saturated heterocycles. The van der Waals surface area contributed by atoms with Crippen molar-refractivity contribution in [3.63, 3.8) is 0 Å². The minimum Gasteiger partial charge on any atom is -0.456 e. The molecule has 4 heterocycles. The lowest BCUT2D eigenvalue weighted by molar-refractivity contribution is 0.669. The number of benzene rings is 9. The molecule has 0 bridgehead atoms. The average molecular weight is 823 g/mol. The lowest BCUT2D eigenvalue weighted by Gasteiger charge is -2.12. The summed E-state index contributed by atoms with van der Waals surface area (Å²) in [6.45, 7) is 0. The smallest absolute Gasteiger partial charge is 0.164 e. The Balaban J connectivity index is 1.02. The van der Waals surface area contributed by atoms with Crippen molar-refractivity contribution < 1.29 is 4.42 Å². The van der Waals surface area contributed by atoms with Gasteiger partial charge in [-0.25, -0.2) is 15.0 Å². The number of aromatic nitrogens is 4. The third-order valence-corrected chi connectivity index (χ3v) is 13.4. The summed E-state index contributed by atoms with van der Waals surface area (Å²) >= 11 is 1.84. The molecule has 0 spiro atoms. The first-order valence-electron chi connectivity index (χ1n) is 21.1. The summed E-state index contributed by atoms with van der Waals surface area (Å²) in [7, 11) is 0. The third kappa shape index (κ3) is 5.80. The minimum absolute atomic E-state index is 0.581. The topological polar surface area (TPSA) is 56.7 Å². The van der Waals surface area contributed by atoms with Crippen LogP contribution in [0.4, 0.5) is 0 Å². The highest BCUT2D eigenvalue weighted by Gasteiger charge is 2.21. The molecule has 6 heteroatoms. The van der Waals surface area contributed by atoms with Crippen molar-refractivity contribution in [1.29, 1.82) is 0 Å². The van der Waals surface area contributed by atoms with E-state index in [1.165, 1.54) is 47.6 Å². The van der Waals surface area contributed by atoms with E-state index in [1.807, 2.05) is 41.7 Å². The van der Waals surface area contributed by atoms with E-state index in [2.05, 4.69) is 180 Å². The second-order valence-electron chi connectivity index (χ2n) is 15.9. The predicted molar refractivity (Wildman–Crippen MR) is 262 cm³/mol. The predicted octanol–water partition coefficient (Wildman–Crippen LogP) is 15.6. The van der Waals surface area contributed by atoms with Crippen LogP contribution in [0.5, 0.6) is 0 Å². The molecule has 13 rings (SSSR count). The van der Waals surface area contributed by atoms with Crippen LogP contribution in [0.3, 0.4) is 0 Å². The second-order valence-corrected chi connectivity index (χ2v) is 17.0. The van der Waals surface area contributed by atoms with Gasteiger partial charge >= 0.3 is 0 Å². The van der Waals surface area contributed by atoms with Crippen molar-refractivity contribution >= 4 is 75.3 Å². The molecular formula is C57H34N4OS. The van der Waals surface area contributed by atoms with Crippen LogP contribution in [0.1, 0.15) is 0 Å². The lowest BCUT2D eigenvalue weighted by atomic mass is 9.93. The highest BCUT2D eigenvalue weighted by atomic mass is 32.1. The van der Waals surface area contributed by atoms with Gasteiger partial charge in [0.05, 0.1) is 11.0 Å². The molecule has 294 valence electrons. The number of nitrogens with zero attached hydrogens (tertiary/aromatic N) is 4. The van der Waals surface area contributed by atoms with Crippen LogP contribution >= 0.6 is 11.3 Å². The Bertz CT molecular complexity index is 3870. The number of furan rings is 1. The van der Waals surface area contributed by atoms with Crippen LogP contribution in [0.2, 0.25) is 0 Å². The highest BCUT2D eigenvalue weighted by Crippen LogP contribution is 2.45. The summed E-state index contributed by atoms with van der Waals surface area (Å²) in [6.07, 6.45) is 0. The zero-order valence-electron chi connectivity index (χ0n) is 33.7. The van der Waals surface area contributed by atoms with Crippen LogP contribution < -0.4 is 0 Å². The summed E-state index contributed by atoms with van der Waals surface area (Å²) < 4.78 is 11.5. The first-order valence-corrected chi connectivity index (χ1v) is 21.9. The summed E-state index contributed by atoms with van der Waals surface area (Å²) in [6, 6.07) is 72.6. The standard InChI is InChI=1S/C57H34N4OS/c1-3-15-35(16-4-1)39-33-45(54-43-23-9-12-28-51(43)63-52(54)34-39)37-29-30-49-46(32-37)53-44(24-14-27-50(53)62-49)57-59-55(36-17-5-2-6-18-36)58-56(60-57)38-19-13-20-40(31-38)61-47-25-10-7-21-41(47)42-22-8-11-26-48(42)61/h1-34H. The molecule has 0 aliphatic carbocycles. The maximum Gasteiger partial charge on any atom is 0.164 e. The van der Waals surface area contributed by atoms with Crippen LogP contribution in [0.25, 0.3) is 126 Å². The monoisotopic (exact) mass is 822 g/mol. The number of hydrogen-bond acceptors (Lipinski definition) is 5. The van der Waals surface area contributed by atoms with E-state index >= 15 is 0 Å². The fourth-order valence-corrected chi connectivity index (χ4v) is 10.6. The van der Waals surface area contributed by atoms with Gasteiger partial charge in [0.1, 0.15) is 11.2 Å². The molecule has 0 saturated carbocycles. The molecule has 4 aromatic heterocycles. The van der Waals surface area contributed by atoms with Gasteiger partial charge < -0.3 is 8.98 Å². The van der Waals surface area contributed by atoms with Gasteiger partial charge in [0.15, 0.2) is 17.5 Å². The fourth-order valence-electron chi connectivity index (χ4n) is 9.39. The van der Waals surface area contributed by atoms with E-state index in [1.54, 1.807) is 0 Å². The zero-order valence-corrected chi connectivity index (χ0v) is 34.6. The molecule has 0 N–H and O–H groups in total. The molecule has 0 atom stereocenters. The summed E-state index contributed by atoms with van der Waals surface area (Å²) in [5.41, 5.74) is 12.3. The first-order chi connectivity index (χ1) is 31.2. The molecular weight excluding hydrogens is 789 g/mol. The molecule has 13 aromatic rings. The summed E-state index contributed by atoms with van der Waals surface area (Å²) in [4.78, 5) is 15.7. The maximum atomic E-state index is 6.63. The van der Waals surface area contributed by atoms with Crippen molar-refractivity contribution in [2.24, 2.45) is 0 Å². The molecule has 0 amide bonds. The number of fused-ring (bicyclic) bond motifs is 9. The maximum absolute atomic E-state index is 6.63. The molecule has 0 aliphatic heterocycles. The van der Waals surface area contributed by atoms with Crippen molar-refractivity contribution in [2.75, 3.05) is 0 Å². The number of para-hydroxylation sites is 2. The molecule has 0 unspecified atom stereocenters. The Labute approximate surface area is 365 Å². The Hall–Kier alpha value is -8.19. The van der Waals surface area contributed by atoms with Gasteiger partial charge in [-0.3, -0.25) is 0 Å². The van der Waals surface area contributed by atoms with E-state index in [9.17, 15) is 0 Å². The van der Waals surface area contributed by atoms with E-state index in [4.69, 9.17) is 19.4 Å². The minimum atomic E-state index is 0.581. The summed E-state index contributed by atoms with van der Waals surface area (Å²) in [5, 5.41) is 6.93. The first kappa shape index (κ1) is 35.6. The molecule has 0 aliphatic rings. The zero-order chi connectivity index (χ0) is 41.4. The number of hydrogen-bond donors (Lipinski definition) is 0. The molecule has 0 fully saturated rings. The van der Waals surface area contributed by atoms with Crippen molar-refractivity contribution in [1.82, 2.24) is 19.5 Å². The van der Waals surface area contributed by atoms with Crippen LogP contribution in [-0.4, -0.2) is 19.5 Å². The van der Waals surface area contributed by atoms with E-state index in [0.717, 1.165) is 60.9 Å². The van der Waals surface area contributed by atoms with Gasteiger partial charge in [0.2, 0.25) is 0 Å².